The van der Waals surface area contributed by atoms with E-state index in [1.807, 2.05) is 43.3 Å². The molecule has 2 saturated heterocycles. The summed E-state index contributed by atoms with van der Waals surface area (Å²) in [5.41, 5.74) is 3.19. The van der Waals surface area contributed by atoms with Crippen molar-refractivity contribution < 1.29 is 4.79 Å². The fraction of sp³-hybridized carbons (Fsp3) is 0.304. The Bertz CT molecular complexity index is 884. The van der Waals surface area contributed by atoms with Gasteiger partial charge in [-0.05, 0) is 73.9 Å². The van der Waals surface area contributed by atoms with Crippen molar-refractivity contribution in [2.45, 2.75) is 26.2 Å². The van der Waals surface area contributed by atoms with Crippen molar-refractivity contribution in [3.63, 3.8) is 0 Å². The predicted molar refractivity (Wildman–Crippen MR) is 119 cm³/mol. The Balaban J connectivity index is 1.54. The summed E-state index contributed by atoms with van der Waals surface area (Å²) in [5.74, 6) is 0.0299. The molecule has 0 N–H and O–H groups in total. The molecule has 0 spiro atoms. The number of amidine groups is 1. The van der Waals surface area contributed by atoms with Crippen LogP contribution in [0.25, 0.3) is 6.08 Å². The summed E-state index contributed by atoms with van der Waals surface area (Å²) in [4.78, 5) is 22.4. The molecule has 2 aromatic carbocycles. The van der Waals surface area contributed by atoms with Crippen molar-refractivity contribution in [2.24, 2.45) is 4.99 Å². The van der Waals surface area contributed by atoms with E-state index in [-0.39, 0.29) is 5.91 Å². The Morgan fingerprint density at radius 2 is 1.71 bits per heavy atom. The lowest BCUT2D eigenvalue weighted by atomic mass is 10.1. The molecule has 4 nitrogen and oxygen atoms in total. The van der Waals surface area contributed by atoms with Gasteiger partial charge in [0, 0.05) is 25.3 Å². The highest BCUT2D eigenvalue weighted by Crippen LogP contribution is 2.34. The van der Waals surface area contributed by atoms with Crippen LogP contribution in [0.15, 0.2) is 64.5 Å². The van der Waals surface area contributed by atoms with Gasteiger partial charge in [0.05, 0.1) is 10.6 Å². The monoisotopic (exact) mass is 391 g/mol. The Kier molecular flexibility index (Phi) is 5.81. The number of piperidine rings is 1. The van der Waals surface area contributed by atoms with Crippen LogP contribution in [-0.2, 0) is 4.79 Å². The van der Waals surface area contributed by atoms with E-state index in [0.29, 0.717) is 6.54 Å². The lowest BCUT2D eigenvalue weighted by Gasteiger charge is -2.28. The minimum Gasteiger partial charge on any atom is -0.372 e. The number of para-hydroxylation sites is 1. The third-order valence-electron chi connectivity index (χ3n) is 5.10. The summed E-state index contributed by atoms with van der Waals surface area (Å²) in [7, 11) is 0. The first-order valence-corrected chi connectivity index (χ1v) is 10.8. The molecule has 4 rings (SSSR count). The SMILES string of the molecule is CCN1C(=O)/C(=C/c2ccc(N3CCCCC3)cc2)SC1=Nc1ccccc1. The molecule has 0 unspecified atom stereocenters. The largest absolute Gasteiger partial charge is 0.372 e. The lowest BCUT2D eigenvalue weighted by molar-refractivity contribution is -0.122. The molecule has 0 atom stereocenters. The Labute approximate surface area is 171 Å². The van der Waals surface area contributed by atoms with E-state index >= 15 is 0 Å². The molecule has 2 aromatic rings. The number of nitrogens with zero attached hydrogens (tertiary/aromatic N) is 3. The molecule has 0 bridgehead atoms. The zero-order chi connectivity index (χ0) is 19.3. The maximum absolute atomic E-state index is 12.8. The van der Waals surface area contributed by atoms with Crippen LogP contribution < -0.4 is 4.90 Å². The van der Waals surface area contributed by atoms with Crippen LogP contribution in [-0.4, -0.2) is 35.6 Å². The molecule has 144 valence electrons. The topological polar surface area (TPSA) is 35.9 Å². The van der Waals surface area contributed by atoms with Crippen molar-refractivity contribution in [3.8, 4) is 0 Å². The van der Waals surface area contributed by atoms with E-state index in [4.69, 9.17) is 0 Å². The summed E-state index contributed by atoms with van der Waals surface area (Å²) in [6.07, 6.45) is 5.85. The van der Waals surface area contributed by atoms with E-state index in [9.17, 15) is 4.79 Å². The number of anilines is 1. The van der Waals surface area contributed by atoms with Gasteiger partial charge in [-0.3, -0.25) is 9.69 Å². The van der Waals surface area contributed by atoms with E-state index in [1.54, 1.807) is 4.90 Å². The van der Waals surface area contributed by atoms with Gasteiger partial charge in [-0.2, -0.15) is 0 Å². The molecule has 2 aliphatic rings. The van der Waals surface area contributed by atoms with Crippen LogP contribution >= 0.6 is 11.8 Å². The number of carbonyl (C=O) groups excluding carboxylic acids is 1. The normalized spacial score (nSPS) is 20.4. The van der Waals surface area contributed by atoms with Crippen LogP contribution in [0, 0.1) is 0 Å². The minimum atomic E-state index is 0.0299. The van der Waals surface area contributed by atoms with Gasteiger partial charge in [0.15, 0.2) is 5.17 Å². The maximum Gasteiger partial charge on any atom is 0.266 e. The van der Waals surface area contributed by atoms with Crippen LogP contribution in [0.2, 0.25) is 0 Å². The van der Waals surface area contributed by atoms with Crippen molar-refractivity contribution in [1.82, 2.24) is 4.90 Å². The van der Waals surface area contributed by atoms with Gasteiger partial charge in [-0.1, -0.05) is 30.3 Å². The smallest absolute Gasteiger partial charge is 0.266 e. The number of amides is 1. The second-order valence-electron chi connectivity index (χ2n) is 7.03. The summed E-state index contributed by atoms with van der Waals surface area (Å²) in [6.45, 7) is 4.87. The standard InChI is InChI=1S/C23H25N3OS/c1-2-26-22(27)21(28-23(26)24-19-9-5-3-6-10-19)17-18-11-13-20(14-12-18)25-15-7-4-8-16-25/h3,5-6,9-14,17H,2,4,7-8,15-16H2,1H3/b21-17-,24-23?. The molecule has 28 heavy (non-hydrogen) atoms. The number of aliphatic imine (C=N–C) groups is 1. The molecule has 0 saturated carbocycles. The zero-order valence-electron chi connectivity index (χ0n) is 16.2. The van der Waals surface area contributed by atoms with Crippen molar-refractivity contribution in [3.05, 3.63) is 65.1 Å². The van der Waals surface area contributed by atoms with Gasteiger partial charge in [0.25, 0.3) is 5.91 Å². The molecule has 2 fully saturated rings. The third-order valence-corrected chi connectivity index (χ3v) is 6.10. The maximum atomic E-state index is 12.8. The number of likely N-dealkylation sites (N-methyl/N-ethyl adjacent to an activating group) is 1. The summed E-state index contributed by atoms with van der Waals surface area (Å²) < 4.78 is 0. The van der Waals surface area contributed by atoms with Crippen LogP contribution in [0.4, 0.5) is 11.4 Å². The first-order chi connectivity index (χ1) is 13.7. The molecule has 0 radical (unpaired) electrons. The number of benzene rings is 2. The van der Waals surface area contributed by atoms with Crippen LogP contribution in [0.1, 0.15) is 31.7 Å². The first-order valence-electron chi connectivity index (χ1n) is 9.95. The second kappa shape index (κ2) is 8.65. The Morgan fingerprint density at radius 1 is 1.00 bits per heavy atom. The van der Waals surface area contributed by atoms with Crippen molar-refractivity contribution in [2.75, 3.05) is 24.5 Å². The van der Waals surface area contributed by atoms with Gasteiger partial charge in [-0.15, -0.1) is 0 Å². The fourth-order valence-corrected chi connectivity index (χ4v) is 4.63. The average molecular weight is 392 g/mol. The van der Waals surface area contributed by atoms with E-state index in [2.05, 4.69) is 34.2 Å². The molecule has 2 aliphatic heterocycles. The minimum absolute atomic E-state index is 0.0299. The number of thioether (sulfide) groups is 1. The molecule has 0 aromatic heterocycles. The van der Waals surface area contributed by atoms with Gasteiger partial charge in [-0.25, -0.2) is 4.99 Å². The molecular formula is C23H25N3OS. The third kappa shape index (κ3) is 4.14. The van der Waals surface area contributed by atoms with Crippen LogP contribution in [0.5, 0.6) is 0 Å². The molecule has 0 aliphatic carbocycles. The highest BCUT2D eigenvalue weighted by atomic mass is 32.2. The van der Waals surface area contributed by atoms with E-state index in [1.165, 1.54) is 36.7 Å². The number of hydrogen-bond acceptors (Lipinski definition) is 4. The number of carbonyl (C=O) groups is 1. The quantitative estimate of drug-likeness (QED) is 0.664. The predicted octanol–water partition coefficient (Wildman–Crippen LogP) is 5.30. The lowest BCUT2D eigenvalue weighted by Crippen LogP contribution is -2.29. The van der Waals surface area contributed by atoms with E-state index in [0.717, 1.165) is 34.4 Å². The number of rotatable bonds is 4. The van der Waals surface area contributed by atoms with Crippen molar-refractivity contribution >= 4 is 40.3 Å². The summed E-state index contributed by atoms with van der Waals surface area (Å²) in [6, 6.07) is 18.3. The molecular weight excluding hydrogens is 366 g/mol. The van der Waals surface area contributed by atoms with E-state index < -0.39 is 0 Å². The summed E-state index contributed by atoms with van der Waals surface area (Å²) >= 11 is 1.45. The average Bonchev–Trinajstić information content (AvgIpc) is 3.04. The van der Waals surface area contributed by atoms with Gasteiger partial charge in [0.2, 0.25) is 0 Å². The molecule has 5 heteroatoms. The highest BCUT2D eigenvalue weighted by molar-refractivity contribution is 8.18. The zero-order valence-corrected chi connectivity index (χ0v) is 17.0. The van der Waals surface area contributed by atoms with Gasteiger partial charge < -0.3 is 4.90 Å². The fourth-order valence-electron chi connectivity index (χ4n) is 3.57. The van der Waals surface area contributed by atoms with Gasteiger partial charge in [0.1, 0.15) is 0 Å². The van der Waals surface area contributed by atoms with Crippen LogP contribution in [0.3, 0.4) is 0 Å². The highest BCUT2D eigenvalue weighted by Gasteiger charge is 2.32. The van der Waals surface area contributed by atoms with Gasteiger partial charge >= 0.3 is 0 Å². The molecule has 1 amide bonds. The van der Waals surface area contributed by atoms with Crippen molar-refractivity contribution in [1.29, 1.82) is 0 Å². The Morgan fingerprint density at radius 3 is 2.39 bits per heavy atom. The number of hydrogen-bond donors (Lipinski definition) is 0. The summed E-state index contributed by atoms with van der Waals surface area (Å²) in [5, 5.41) is 0.745. The second-order valence-corrected chi connectivity index (χ2v) is 8.04. The first kappa shape index (κ1) is 18.8. The Hall–Kier alpha value is -2.53. The molecule has 2 heterocycles.